The lowest BCUT2D eigenvalue weighted by molar-refractivity contribution is -0.147. The molecule has 1 atom stereocenters. The van der Waals surface area contributed by atoms with Crippen LogP contribution in [0.15, 0.2) is 18.2 Å². The summed E-state index contributed by atoms with van der Waals surface area (Å²) in [5.74, 6) is 0.128. The van der Waals surface area contributed by atoms with E-state index in [2.05, 4.69) is 0 Å². The monoisotopic (exact) mass is 284 g/mol. The van der Waals surface area contributed by atoms with Crippen LogP contribution in [-0.2, 0) is 4.79 Å². The number of aryl methyl sites for hydroxylation is 2. The Hall–Kier alpha value is -1.22. The van der Waals surface area contributed by atoms with Gasteiger partial charge >= 0.3 is 5.97 Å². The average Bonchev–Trinajstić information content (AvgIpc) is 2.38. The van der Waals surface area contributed by atoms with Gasteiger partial charge in [0.25, 0.3) is 0 Å². The summed E-state index contributed by atoms with van der Waals surface area (Å²) in [6, 6.07) is 6.05. The van der Waals surface area contributed by atoms with E-state index in [4.69, 9.17) is 21.4 Å². The highest BCUT2D eigenvalue weighted by atomic mass is 35.5. The van der Waals surface area contributed by atoms with Crippen LogP contribution in [0.4, 0.5) is 0 Å². The summed E-state index contributed by atoms with van der Waals surface area (Å²) in [5, 5.41) is 9.10. The molecule has 0 heterocycles. The van der Waals surface area contributed by atoms with Crippen molar-refractivity contribution in [2.45, 2.75) is 33.6 Å². The Bertz CT molecular complexity index is 445. The fourth-order valence-corrected chi connectivity index (χ4v) is 1.99. The van der Waals surface area contributed by atoms with Crippen LogP contribution in [0.25, 0.3) is 0 Å². The summed E-state index contributed by atoms with van der Waals surface area (Å²) < 4.78 is 5.70. The van der Waals surface area contributed by atoms with Gasteiger partial charge in [0.15, 0.2) is 0 Å². The summed E-state index contributed by atoms with van der Waals surface area (Å²) in [6.07, 6.45) is 1.18. The molecular formula is C15H21ClO3. The molecule has 0 fully saturated rings. The van der Waals surface area contributed by atoms with Crippen molar-refractivity contribution >= 4 is 17.6 Å². The van der Waals surface area contributed by atoms with Crippen LogP contribution in [0.3, 0.4) is 0 Å². The van der Waals surface area contributed by atoms with Gasteiger partial charge in [0.05, 0.1) is 12.0 Å². The number of aliphatic carboxylic acids is 1. The molecule has 4 heteroatoms. The van der Waals surface area contributed by atoms with Crippen molar-refractivity contribution < 1.29 is 14.6 Å². The van der Waals surface area contributed by atoms with Crippen LogP contribution in [0, 0.1) is 19.3 Å². The van der Waals surface area contributed by atoms with Crippen LogP contribution >= 0.6 is 11.6 Å². The second-order valence-corrected chi connectivity index (χ2v) is 5.49. The first kappa shape index (κ1) is 15.8. The second-order valence-electron chi connectivity index (χ2n) is 5.22. The molecule has 3 nitrogen and oxygen atoms in total. The fraction of sp³-hybridized carbons (Fsp3) is 0.533. The van der Waals surface area contributed by atoms with Gasteiger partial charge in [0, 0.05) is 5.88 Å². The van der Waals surface area contributed by atoms with Crippen LogP contribution in [-0.4, -0.2) is 23.6 Å². The van der Waals surface area contributed by atoms with Gasteiger partial charge in [-0.05, 0) is 50.8 Å². The van der Waals surface area contributed by atoms with E-state index in [1.54, 1.807) is 6.92 Å². The molecule has 0 aliphatic rings. The Morgan fingerprint density at radius 3 is 2.68 bits per heavy atom. The largest absolute Gasteiger partial charge is 0.493 e. The van der Waals surface area contributed by atoms with Gasteiger partial charge in [-0.1, -0.05) is 12.1 Å². The zero-order valence-electron chi connectivity index (χ0n) is 11.7. The third kappa shape index (κ3) is 4.43. The molecule has 0 bridgehead atoms. The highest BCUT2D eigenvalue weighted by Gasteiger charge is 2.31. The van der Waals surface area contributed by atoms with Gasteiger partial charge in [-0.3, -0.25) is 4.79 Å². The molecule has 0 spiro atoms. The number of hydrogen-bond acceptors (Lipinski definition) is 2. The van der Waals surface area contributed by atoms with Gasteiger partial charge in [-0.2, -0.15) is 0 Å². The first-order chi connectivity index (χ1) is 8.89. The third-order valence-electron chi connectivity index (χ3n) is 3.29. The van der Waals surface area contributed by atoms with E-state index in [1.807, 2.05) is 32.0 Å². The number of carboxylic acids is 1. The maximum atomic E-state index is 11.1. The molecular weight excluding hydrogens is 264 g/mol. The Kier molecular flexibility index (Phi) is 5.67. The van der Waals surface area contributed by atoms with E-state index >= 15 is 0 Å². The average molecular weight is 285 g/mol. The molecule has 1 aromatic rings. The lowest BCUT2D eigenvalue weighted by Gasteiger charge is -2.21. The Labute approximate surface area is 119 Å². The Balaban J connectivity index is 2.47. The fourth-order valence-electron chi connectivity index (χ4n) is 1.74. The number of hydrogen-bond donors (Lipinski definition) is 1. The first-order valence-electron chi connectivity index (χ1n) is 6.38. The number of benzene rings is 1. The molecule has 0 aliphatic heterocycles. The summed E-state index contributed by atoms with van der Waals surface area (Å²) in [7, 11) is 0. The SMILES string of the molecule is Cc1ccc(C)c(OCCCC(C)(CCl)C(=O)O)c1. The molecule has 0 saturated heterocycles. The minimum absolute atomic E-state index is 0.117. The zero-order valence-corrected chi connectivity index (χ0v) is 12.5. The molecule has 1 aromatic carbocycles. The Morgan fingerprint density at radius 1 is 1.42 bits per heavy atom. The number of ether oxygens (including phenoxy) is 1. The highest BCUT2D eigenvalue weighted by molar-refractivity contribution is 6.19. The predicted octanol–water partition coefficient (Wildman–Crippen LogP) is 3.79. The normalized spacial score (nSPS) is 13.9. The summed E-state index contributed by atoms with van der Waals surface area (Å²) >= 11 is 5.72. The van der Waals surface area contributed by atoms with E-state index in [-0.39, 0.29) is 5.88 Å². The molecule has 0 aromatic heterocycles. The quantitative estimate of drug-likeness (QED) is 0.612. The van der Waals surface area contributed by atoms with Gasteiger partial charge < -0.3 is 9.84 Å². The summed E-state index contributed by atoms with van der Waals surface area (Å²) in [5.41, 5.74) is 1.37. The van der Waals surface area contributed by atoms with E-state index in [9.17, 15) is 4.79 Å². The van der Waals surface area contributed by atoms with E-state index in [0.29, 0.717) is 19.4 Å². The minimum atomic E-state index is -0.868. The van der Waals surface area contributed by atoms with Gasteiger partial charge in [0.1, 0.15) is 5.75 Å². The van der Waals surface area contributed by atoms with Crippen molar-refractivity contribution in [2.75, 3.05) is 12.5 Å². The minimum Gasteiger partial charge on any atom is -0.493 e. The summed E-state index contributed by atoms with van der Waals surface area (Å²) in [6.45, 7) is 6.18. The van der Waals surface area contributed by atoms with Gasteiger partial charge in [-0.25, -0.2) is 0 Å². The van der Waals surface area contributed by atoms with E-state index < -0.39 is 11.4 Å². The van der Waals surface area contributed by atoms with E-state index in [0.717, 1.165) is 16.9 Å². The van der Waals surface area contributed by atoms with Crippen molar-refractivity contribution in [3.8, 4) is 5.75 Å². The molecule has 1 unspecified atom stereocenters. The number of carboxylic acid groups (broad SMARTS) is 1. The molecule has 0 radical (unpaired) electrons. The van der Waals surface area contributed by atoms with E-state index in [1.165, 1.54) is 0 Å². The van der Waals surface area contributed by atoms with Crippen molar-refractivity contribution in [3.63, 3.8) is 0 Å². The van der Waals surface area contributed by atoms with Crippen LogP contribution < -0.4 is 4.74 Å². The third-order valence-corrected chi connectivity index (χ3v) is 3.88. The molecule has 0 amide bonds. The zero-order chi connectivity index (χ0) is 14.5. The van der Waals surface area contributed by atoms with Crippen molar-refractivity contribution in [2.24, 2.45) is 5.41 Å². The molecule has 0 saturated carbocycles. The smallest absolute Gasteiger partial charge is 0.310 e. The van der Waals surface area contributed by atoms with Gasteiger partial charge in [-0.15, -0.1) is 11.6 Å². The predicted molar refractivity (Wildman–Crippen MR) is 77.1 cm³/mol. The number of halogens is 1. The Morgan fingerprint density at radius 2 is 2.11 bits per heavy atom. The maximum absolute atomic E-state index is 11.1. The standard InChI is InChI=1S/C15H21ClO3/c1-11-5-6-12(2)13(9-11)19-8-4-7-15(3,10-16)14(17)18/h5-6,9H,4,7-8,10H2,1-3H3,(H,17,18). The van der Waals surface area contributed by atoms with Crippen LogP contribution in [0.1, 0.15) is 30.9 Å². The number of alkyl halides is 1. The van der Waals surface area contributed by atoms with Crippen LogP contribution in [0.5, 0.6) is 5.75 Å². The van der Waals surface area contributed by atoms with Crippen molar-refractivity contribution in [1.29, 1.82) is 0 Å². The molecule has 1 N–H and O–H groups in total. The molecule has 1 rings (SSSR count). The lowest BCUT2D eigenvalue weighted by atomic mass is 9.88. The first-order valence-corrected chi connectivity index (χ1v) is 6.92. The topological polar surface area (TPSA) is 46.5 Å². The second kappa shape index (κ2) is 6.80. The number of rotatable bonds is 7. The van der Waals surface area contributed by atoms with Crippen molar-refractivity contribution in [1.82, 2.24) is 0 Å². The molecule has 106 valence electrons. The summed E-state index contributed by atoms with van der Waals surface area (Å²) in [4.78, 5) is 11.1. The lowest BCUT2D eigenvalue weighted by Crippen LogP contribution is -2.29. The number of carbonyl (C=O) groups is 1. The maximum Gasteiger partial charge on any atom is 0.310 e. The highest BCUT2D eigenvalue weighted by Crippen LogP contribution is 2.26. The van der Waals surface area contributed by atoms with Crippen LogP contribution in [0.2, 0.25) is 0 Å². The van der Waals surface area contributed by atoms with Crippen molar-refractivity contribution in [3.05, 3.63) is 29.3 Å². The van der Waals surface area contributed by atoms with Gasteiger partial charge in [0.2, 0.25) is 0 Å². The molecule has 19 heavy (non-hydrogen) atoms. The molecule has 0 aliphatic carbocycles.